The van der Waals surface area contributed by atoms with E-state index in [1.165, 1.54) is 22.7 Å². The molecule has 3 N–H and O–H groups in total. The molecule has 2 aromatic rings. The van der Waals surface area contributed by atoms with Gasteiger partial charge in [0, 0.05) is 11.4 Å². The molecule has 144 valence electrons. The number of rotatable bonds is 5. The van der Waals surface area contributed by atoms with Crippen LogP contribution in [0.15, 0.2) is 11.1 Å². The molecular formula is C17H20N4O5S. The Kier molecular flexibility index (Phi) is 5.54. The largest absolute Gasteiger partial charge is 0.452 e. The minimum absolute atomic E-state index is 0.0926. The predicted molar refractivity (Wildman–Crippen MR) is 98.4 cm³/mol. The van der Waals surface area contributed by atoms with Gasteiger partial charge in [0.05, 0.1) is 18.1 Å². The molecule has 2 heterocycles. The lowest BCUT2D eigenvalue weighted by molar-refractivity contribution is -0.154. The molecule has 3 rings (SSSR count). The number of nitrogens with zero attached hydrogens (tertiary/aromatic N) is 2. The second kappa shape index (κ2) is 7.87. The SMILES string of the molecule is CC(OC(=O)CCn1cnc2sc3c(c2c1=O)CCCC3)C(=O)NC(N)=O. The number of amides is 3. The number of thiophene rings is 1. The number of imide groups is 1. The molecule has 0 spiro atoms. The molecule has 0 saturated carbocycles. The fourth-order valence-electron chi connectivity index (χ4n) is 3.08. The van der Waals surface area contributed by atoms with E-state index in [1.54, 1.807) is 11.3 Å². The number of aromatic nitrogens is 2. The van der Waals surface area contributed by atoms with E-state index >= 15 is 0 Å². The molecule has 2 aromatic heterocycles. The van der Waals surface area contributed by atoms with Crippen LogP contribution in [0.1, 0.15) is 36.6 Å². The van der Waals surface area contributed by atoms with Crippen molar-refractivity contribution in [1.82, 2.24) is 14.9 Å². The van der Waals surface area contributed by atoms with Crippen LogP contribution in [-0.2, 0) is 33.7 Å². The first-order valence-electron chi connectivity index (χ1n) is 8.66. The number of nitrogens with one attached hydrogen (secondary N) is 1. The number of hydrogen-bond acceptors (Lipinski definition) is 7. The summed E-state index contributed by atoms with van der Waals surface area (Å²) < 4.78 is 6.33. The molecular weight excluding hydrogens is 372 g/mol. The highest BCUT2D eigenvalue weighted by atomic mass is 32.1. The number of esters is 1. The summed E-state index contributed by atoms with van der Waals surface area (Å²) in [5.74, 6) is -1.47. The molecule has 0 aliphatic heterocycles. The number of nitrogens with two attached hydrogens (primary N) is 1. The maximum atomic E-state index is 12.8. The number of hydrogen-bond donors (Lipinski definition) is 2. The van der Waals surface area contributed by atoms with Gasteiger partial charge in [-0.15, -0.1) is 11.3 Å². The van der Waals surface area contributed by atoms with Crippen molar-refractivity contribution in [2.75, 3.05) is 0 Å². The molecule has 0 bridgehead atoms. The van der Waals surface area contributed by atoms with Crippen LogP contribution in [0.5, 0.6) is 0 Å². The molecule has 1 unspecified atom stereocenters. The third kappa shape index (κ3) is 4.16. The smallest absolute Gasteiger partial charge is 0.318 e. The van der Waals surface area contributed by atoms with Crippen LogP contribution in [0, 0.1) is 0 Å². The Balaban J connectivity index is 1.67. The Labute approximate surface area is 158 Å². The van der Waals surface area contributed by atoms with Crippen molar-refractivity contribution in [2.24, 2.45) is 5.73 Å². The van der Waals surface area contributed by atoms with E-state index in [-0.39, 0.29) is 18.5 Å². The minimum Gasteiger partial charge on any atom is -0.452 e. The zero-order chi connectivity index (χ0) is 19.6. The summed E-state index contributed by atoms with van der Waals surface area (Å²) in [5, 5.41) is 2.49. The van der Waals surface area contributed by atoms with Gasteiger partial charge < -0.3 is 10.5 Å². The summed E-state index contributed by atoms with van der Waals surface area (Å²) in [5.41, 5.74) is 5.77. The van der Waals surface area contributed by atoms with Gasteiger partial charge in [0.15, 0.2) is 6.10 Å². The standard InChI is InChI=1S/C17H20N4O5S/c1-9(14(23)20-17(18)25)26-12(22)6-7-21-8-19-15-13(16(21)24)10-4-2-3-5-11(10)27-15/h8-9H,2-7H2,1H3,(H3,18,20,23,25). The minimum atomic E-state index is -1.16. The summed E-state index contributed by atoms with van der Waals surface area (Å²) in [4.78, 5) is 53.2. The first-order chi connectivity index (χ1) is 12.9. The fourth-order valence-corrected chi connectivity index (χ4v) is 4.30. The first-order valence-corrected chi connectivity index (χ1v) is 9.48. The van der Waals surface area contributed by atoms with Gasteiger partial charge in [0.1, 0.15) is 4.83 Å². The van der Waals surface area contributed by atoms with Crippen LogP contribution in [0.25, 0.3) is 10.2 Å². The number of aryl methyl sites for hydroxylation is 3. The predicted octanol–water partition coefficient (Wildman–Crippen LogP) is 0.854. The van der Waals surface area contributed by atoms with Gasteiger partial charge in [0.2, 0.25) is 0 Å². The van der Waals surface area contributed by atoms with Crippen LogP contribution in [0.3, 0.4) is 0 Å². The van der Waals surface area contributed by atoms with E-state index in [2.05, 4.69) is 4.98 Å². The average molecular weight is 392 g/mol. The summed E-state index contributed by atoms with van der Waals surface area (Å²) in [7, 11) is 0. The van der Waals surface area contributed by atoms with Crippen molar-refractivity contribution >= 4 is 39.5 Å². The van der Waals surface area contributed by atoms with Gasteiger partial charge >= 0.3 is 12.0 Å². The zero-order valence-corrected chi connectivity index (χ0v) is 15.6. The maximum Gasteiger partial charge on any atom is 0.318 e. The molecule has 0 saturated heterocycles. The zero-order valence-electron chi connectivity index (χ0n) is 14.8. The quantitative estimate of drug-likeness (QED) is 0.725. The Morgan fingerprint density at radius 1 is 1.37 bits per heavy atom. The van der Waals surface area contributed by atoms with Crippen molar-refractivity contribution in [3.63, 3.8) is 0 Å². The van der Waals surface area contributed by atoms with Crippen LogP contribution in [0.2, 0.25) is 0 Å². The molecule has 0 aromatic carbocycles. The van der Waals surface area contributed by atoms with Gasteiger partial charge in [-0.2, -0.15) is 0 Å². The Morgan fingerprint density at radius 2 is 2.11 bits per heavy atom. The Hall–Kier alpha value is -2.75. The molecule has 10 heteroatoms. The molecule has 0 fully saturated rings. The van der Waals surface area contributed by atoms with E-state index < -0.39 is 24.0 Å². The monoisotopic (exact) mass is 392 g/mol. The molecule has 1 aliphatic carbocycles. The summed E-state index contributed by atoms with van der Waals surface area (Å²) in [6.07, 6.45) is 4.22. The van der Waals surface area contributed by atoms with Crippen LogP contribution >= 0.6 is 11.3 Å². The van der Waals surface area contributed by atoms with E-state index in [4.69, 9.17) is 10.5 Å². The van der Waals surface area contributed by atoms with Crippen molar-refractivity contribution in [3.8, 4) is 0 Å². The lowest BCUT2D eigenvalue weighted by Crippen LogP contribution is -2.42. The number of urea groups is 1. The van der Waals surface area contributed by atoms with Gasteiger partial charge in [-0.05, 0) is 38.2 Å². The second-order valence-electron chi connectivity index (χ2n) is 6.37. The van der Waals surface area contributed by atoms with Gasteiger partial charge in [-0.1, -0.05) is 0 Å². The summed E-state index contributed by atoms with van der Waals surface area (Å²) in [6, 6.07) is -1.02. The van der Waals surface area contributed by atoms with Crippen molar-refractivity contribution in [2.45, 2.75) is 51.7 Å². The number of primary amides is 1. The highest BCUT2D eigenvalue weighted by Crippen LogP contribution is 2.33. The van der Waals surface area contributed by atoms with Crippen molar-refractivity contribution in [3.05, 3.63) is 27.1 Å². The maximum absolute atomic E-state index is 12.8. The third-order valence-electron chi connectivity index (χ3n) is 4.42. The lowest BCUT2D eigenvalue weighted by atomic mass is 9.97. The van der Waals surface area contributed by atoms with Crippen LogP contribution < -0.4 is 16.6 Å². The van der Waals surface area contributed by atoms with E-state index in [0.717, 1.165) is 36.1 Å². The normalized spacial score (nSPS) is 14.4. The van der Waals surface area contributed by atoms with Crippen LogP contribution in [0.4, 0.5) is 4.79 Å². The molecule has 9 nitrogen and oxygen atoms in total. The Morgan fingerprint density at radius 3 is 2.85 bits per heavy atom. The van der Waals surface area contributed by atoms with Gasteiger partial charge in [-0.3, -0.25) is 24.3 Å². The molecule has 1 atom stereocenters. The number of ether oxygens (including phenoxy) is 1. The number of carbonyl (C=O) groups is 3. The van der Waals surface area contributed by atoms with E-state index in [1.807, 2.05) is 5.32 Å². The van der Waals surface area contributed by atoms with Gasteiger partial charge in [0.25, 0.3) is 11.5 Å². The molecule has 0 radical (unpaired) electrons. The molecule has 3 amide bonds. The lowest BCUT2D eigenvalue weighted by Gasteiger charge is -2.12. The number of carbonyl (C=O) groups excluding carboxylic acids is 3. The number of fused-ring (bicyclic) bond motifs is 3. The van der Waals surface area contributed by atoms with Crippen molar-refractivity contribution in [1.29, 1.82) is 0 Å². The summed E-state index contributed by atoms with van der Waals surface area (Å²) >= 11 is 1.57. The third-order valence-corrected chi connectivity index (χ3v) is 5.62. The highest BCUT2D eigenvalue weighted by molar-refractivity contribution is 7.18. The molecule has 27 heavy (non-hydrogen) atoms. The average Bonchev–Trinajstić information content (AvgIpc) is 2.99. The second-order valence-corrected chi connectivity index (χ2v) is 7.45. The van der Waals surface area contributed by atoms with Gasteiger partial charge in [-0.25, -0.2) is 9.78 Å². The highest BCUT2D eigenvalue weighted by Gasteiger charge is 2.21. The first kappa shape index (κ1) is 19.0. The van der Waals surface area contributed by atoms with Crippen molar-refractivity contribution < 1.29 is 19.1 Å². The Bertz CT molecular complexity index is 964. The summed E-state index contributed by atoms with van der Waals surface area (Å²) in [6.45, 7) is 1.42. The molecule has 1 aliphatic rings. The van der Waals surface area contributed by atoms with E-state index in [9.17, 15) is 19.2 Å². The van der Waals surface area contributed by atoms with Crippen LogP contribution in [-0.4, -0.2) is 33.6 Å². The fraction of sp³-hybridized carbons (Fsp3) is 0.471. The topological polar surface area (TPSA) is 133 Å². The van der Waals surface area contributed by atoms with E-state index in [0.29, 0.717) is 5.39 Å².